The van der Waals surface area contributed by atoms with Gasteiger partial charge in [-0.15, -0.1) is 0 Å². The first-order valence-electron chi connectivity index (χ1n) is 26.9. The summed E-state index contributed by atoms with van der Waals surface area (Å²) in [6, 6.07) is -0.828. The molecule has 12 atom stereocenters. The number of aliphatic hydroxyl groups is 8. The fourth-order valence-electron chi connectivity index (χ4n) is 9.06. The zero-order valence-corrected chi connectivity index (χ0v) is 41.5. The van der Waals surface area contributed by atoms with Crippen molar-refractivity contribution in [3.63, 3.8) is 0 Å². The van der Waals surface area contributed by atoms with Crippen molar-refractivity contribution in [2.75, 3.05) is 19.8 Å². The molecule has 2 rings (SSSR count). The molecule has 0 aromatic carbocycles. The highest BCUT2D eigenvalue weighted by Gasteiger charge is 2.51. The Labute approximate surface area is 399 Å². The van der Waals surface area contributed by atoms with Gasteiger partial charge in [0.25, 0.3) is 0 Å². The van der Waals surface area contributed by atoms with Gasteiger partial charge in [-0.25, -0.2) is 0 Å². The average molecular weight is 946 g/mol. The minimum atomic E-state index is -1.78. The van der Waals surface area contributed by atoms with E-state index in [0.717, 1.165) is 64.2 Å². The SMILES string of the molecule is CCCCCCC/C=C\CCCCCCCC(=O)NC(COC1OC(CO)C(OC2OC(CO)C(O)C(O)C2O)C(O)C1O)C(O)CCCCCCCCCCCCCCCCCCCC. The van der Waals surface area contributed by atoms with Crippen LogP contribution in [0.2, 0.25) is 0 Å². The van der Waals surface area contributed by atoms with E-state index in [0.29, 0.717) is 19.3 Å². The quantitative estimate of drug-likeness (QED) is 0.0213. The van der Waals surface area contributed by atoms with Crippen molar-refractivity contribution < 1.29 is 64.6 Å². The van der Waals surface area contributed by atoms with Crippen molar-refractivity contribution in [2.45, 2.75) is 293 Å². The largest absolute Gasteiger partial charge is 0.394 e. The fourth-order valence-corrected chi connectivity index (χ4v) is 9.06. The maximum Gasteiger partial charge on any atom is 0.220 e. The van der Waals surface area contributed by atoms with Gasteiger partial charge in [-0.3, -0.25) is 4.79 Å². The number of allylic oxidation sites excluding steroid dienone is 2. The van der Waals surface area contributed by atoms with Crippen LogP contribution < -0.4 is 5.32 Å². The van der Waals surface area contributed by atoms with Gasteiger partial charge in [0.2, 0.25) is 5.91 Å². The molecule has 0 spiro atoms. The summed E-state index contributed by atoms with van der Waals surface area (Å²) in [6.45, 7) is 2.85. The number of carbonyl (C=O) groups is 1. The molecule has 2 saturated heterocycles. The lowest BCUT2D eigenvalue weighted by Crippen LogP contribution is -2.65. The summed E-state index contributed by atoms with van der Waals surface area (Å²) in [6.07, 6.45) is 24.9. The molecule has 0 bridgehead atoms. The van der Waals surface area contributed by atoms with E-state index in [1.54, 1.807) is 0 Å². The zero-order chi connectivity index (χ0) is 48.2. The Morgan fingerprint density at radius 3 is 1.44 bits per heavy atom. The predicted octanol–water partition coefficient (Wildman–Crippen LogP) is 7.55. The minimum Gasteiger partial charge on any atom is -0.394 e. The Hall–Kier alpha value is -1.27. The van der Waals surface area contributed by atoms with E-state index in [9.17, 15) is 45.6 Å². The summed E-state index contributed by atoms with van der Waals surface area (Å²) < 4.78 is 22.8. The van der Waals surface area contributed by atoms with Crippen LogP contribution in [-0.2, 0) is 23.7 Å². The van der Waals surface area contributed by atoms with Crippen LogP contribution in [0.15, 0.2) is 12.2 Å². The summed E-state index contributed by atoms with van der Waals surface area (Å²) in [4.78, 5) is 13.2. The van der Waals surface area contributed by atoms with Gasteiger partial charge in [0.15, 0.2) is 12.6 Å². The number of hydrogen-bond acceptors (Lipinski definition) is 13. The molecule has 0 radical (unpaired) electrons. The summed E-state index contributed by atoms with van der Waals surface area (Å²) in [5.74, 6) is -0.214. The number of aliphatic hydroxyl groups excluding tert-OH is 8. The summed E-state index contributed by atoms with van der Waals surface area (Å²) in [5.41, 5.74) is 0. The molecule has 66 heavy (non-hydrogen) atoms. The Morgan fingerprint density at radius 1 is 0.530 bits per heavy atom. The minimum absolute atomic E-state index is 0.214. The molecule has 390 valence electrons. The van der Waals surface area contributed by atoms with Crippen LogP contribution in [0.5, 0.6) is 0 Å². The van der Waals surface area contributed by atoms with Gasteiger partial charge in [-0.2, -0.15) is 0 Å². The molecule has 0 saturated carbocycles. The Morgan fingerprint density at radius 2 is 0.955 bits per heavy atom. The molecule has 14 heteroatoms. The third-order valence-corrected chi connectivity index (χ3v) is 13.5. The van der Waals surface area contributed by atoms with Gasteiger partial charge >= 0.3 is 0 Å². The Kier molecular flexibility index (Phi) is 36.4. The number of ether oxygens (including phenoxy) is 4. The van der Waals surface area contributed by atoms with Gasteiger partial charge in [0.05, 0.1) is 32.0 Å². The van der Waals surface area contributed by atoms with Gasteiger partial charge < -0.3 is 65.1 Å². The summed E-state index contributed by atoms with van der Waals surface area (Å²) in [7, 11) is 0. The Bertz CT molecular complexity index is 1160. The van der Waals surface area contributed by atoms with Crippen LogP contribution in [0.25, 0.3) is 0 Å². The molecular formula is C52H99NO13. The second-order valence-electron chi connectivity index (χ2n) is 19.4. The number of nitrogens with one attached hydrogen (secondary N) is 1. The van der Waals surface area contributed by atoms with Crippen LogP contribution in [-0.4, -0.2) is 140 Å². The van der Waals surface area contributed by atoms with Gasteiger partial charge in [0.1, 0.15) is 48.8 Å². The second kappa shape index (κ2) is 39.5. The highest BCUT2D eigenvalue weighted by atomic mass is 16.7. The van der Waals surface area contributed by atoms with Crippen molar-refractivity contribution in [1.29, 1.82) is 0 Å². The number of amides is 1. The van der Waals surface area contributed by atoms with E-state index in [2.05, 4.69) is 31.3 Å². The molecule has 1 amide bonds. The van der Waals surface area contributed by atoms with Crippen molar-refractivity contribution >= 4 is 5.91 Å². The second-order valence-corrected chi connectivity index (χ2v) is 19.4. The highest BCUT2D eigenvalue weighted by Crippen LogP contribution is 2.30. The predicted molar refractivity (Wildman–Crippen MR) is 259 cm³/mol. The normalized spacial score (nSPS) is 26.8. The van der Waals surface area contributed by atoms with Crippen LogP contribution >= 0.6 is 0 Å². The summed E-state index contributed by atoms with van der Waals surface area (Å²) in [5, 5.41) is 87.0. The van der Waals surface area contributed by atoms with Crippen molar-refractivity contribution in [1.82, 2.24) is 5.32 Å². The zero-order valence-electron chi connectivity index (χ0n) is 41.5. The standard InChI is InChI=1S/C52H99NO13/c1-3-5-7-9-11-13-15-17-19-20-21-22-23-25-27-29-31-33-35-41(56)40(53-44(57)36-34-32-30-28-26-24-18-16-14-12-10-8-6-4-2)39-63-51-49(62)47(60)50(43(38-55)65-51)66-52-48(61)46(59)45(58)42(37-54)64-52/h16,18,40-43,45-52,54-56,58-62H,3-15,17,19-39H2,1-2H3,(H,53,57)/b18-16-. The fraction of sp³-hybridized carbons (Fsp3) is 0.942. The van der Waals surface area contributed by atoms with Crippen LogP contribution in [0.4, 0.5) is 0 Å². The molecule has 0 aromatic heterocycles. The highest BCUT2D eigenvalue weighted by molar-refractivity contribution is 5.76. The third kappa shape index (κ3) is 26.1. The molecule has 14 nitrogen and oxygen atoms in total. The number of rotatable bonds is 42. The molecule has 9 N–H and O–H groups in total. The monoisotopic (exact) mass is 946 g/mol. The van der Waals surface area contributed by atoms with Crippen LogP contribution in [0.3, 0.4) is 0 Å². The third-order valence-electron chi connectivity index (χ3n) is 13.5. The molecule has 2 aliphatic heterocycles. The molecule has 2 fully saturated rings. The van der Waals surface area contributed by atoms with Crippen molar-refractivity contribution in [3.05, 3.63) is 12.2 Å². The molecule has 2 heterocycles. The lowest BCUT2D eigenvalue weighted by molar-refractivity contribution is -0.359. The molecule has 2 aliphatic rings. The van der Waals surface area contributed by atoms with E-state index >= 15 is 0 Å². The first-order valence-corrected chi connectivity index (χ1v) is 26.9. The van der Waals surface area contributed by atoms with E-state index in [4.69, 9.17) is 18.9 Å². The maximum atomic E-state index is 13.2. The Balaban J connectivity index is 1.81. The average Bonchev–Trinajstić information content (AvgIpc) is 3.31. The summed E-state index contributed by atoms with van der Waals surface area (Å²) >= 11 is 0. The van der Waals surface area contributed by atoms with E-state index in [1.165, 1.54) is 122 Å². The number of hydrogen-bond donors (Lipinski definition) is 9. The maximum absolute atomic E-state index is 13.2. The molecule has 0 aromatic rings. The first kappa shape index (κ1) is 60.9. The topological polar surface area (TPSA) is 228 Å². The van der Waals surface area contributed by atoms with Crippen LogP contribution in [0.1, 0.15) is 219 Å². The number of carbonyl (C=O) groups excluding carboxylic acids is 1. The molecule has 12 unspecified atom stereocenters. The molecule has 0 aliphatic carbocycles. The van der Waals surface area contributed by atoms with Gasteiger partial charge in [-0.1, -0.05) is 187 Å². The smallest absolute Gasteiger partial charge is 0.220 e. The lowest BCUT2D eigenvalue weighted by atomic mass is 9.97. The van der Waals surface area contributed by atoms with Crippen molar-refractivity contribution in [3.8, 4) is 0 Å². The number of unbranched alkanes of at least 4 members (excludes halogenated alkanes) is 27. The van der Waals surface area contributed by atoms with Gasteiger partial charge in [-0.05, 0) is 38.5 Å². The van der Waals surface area contributed by atoms with E-state index in [1.807, 2.05) is 0 Å². The van der Waals surface area contributed by atoms with Gasteiger partial charge in [0, 0.05) is 6.42 Å². The van der Waals surface area contributed by atoms with E-state index < -0.39 is 86.8 Å². The lowest BCUT2D eigenvalue weighted by Gasteiger charge is -2.46. The van der Waals surface area contributed by atoms with Crippen LogP contribution in [0, 0.1) is 0 Å². The first-order chi connectivity index (χ1) is 32.1. The van der Waals surface area contributed by atoms with E-state index in [-0.39, 0.29) is 12.5 Å². The van der Waals surface area contributed by atoms with Crippen molar-refractivity contribution in [2.24, 2.45) is 0 Å². The molecular weight excluding hydrogens is 847 g/mol.